The fraction of sp³-hybridized carbons (Fsp3) is 0.455. The van der Waals surface area contributed by atoms with Gasteiger partial charge in [0.2, 0.25) is 11.8 Å². The van der Waals surface area contributed by atoms with E-state index in [0.29, 0.717) is 23.3 Å². The first-order valence-electron chi connectivity index (χ1n) is 10.8. The van der Waals surface area contributed by atoms with Crippen LogP contribution in [-0.2, 0) is 0 Å². The molecule has 2 bridgehead atoms. The number of aliphatic imine (C=N–C) groups is 1. The molecule has 2 aliphatic rings. The number of piperidine rings is 1. The summed E-state index contributed by atoms with van der Waals surface area (Å²) in [5, 5.41) is 8.26. The number of aryl methyl sites for hydroxylation is 1. The first-order valence-corrected chi connectivity index (χ1v) is 11.2. The first-order chi connectivity index (χ1) is 16.2. The van der Waals surface area contributed by atoms with Crippen LogP contribution >= 0.6 is 11.6 Å². The second kappa shape index (κ2) is 8.30. The number of rotatable bonds is 6. The molecule has 5 rings (SSSR count). The molecule has 1 aliphatic carbocycles. The number of ether oxygens (including phenoxy) is 1. The van der Waals surface area contributed by atoms with E-state index in [1.807, 2.05) is 19.1 Å². The standard InChI is InChI=1S/C22H23ClF3N7O/c1-13-3-4-17(34-12-22(24,25)26)33-19(13)30-20(31-33)29-18-14-5-7-21(18,27-2)11-32(10-14)15-6-8-28-16(23)9-15/h3-4,6,8-9,14,18H,2,5,7,10-12H2,1H3,(H,29,31)/t14-,18-,21-/m0/s1. The second-order valence-electron chi connectivity index (χ2n) is 8.83. The van der Waals surface area contributed by atoms with Crippen molar-refractivity contribution < 1.29 is 17.9 Å². The molecule has 0 amide bonds. The monoisotopic (exact) mass is 493 g/mol. The summed E-state index contributed by atoms with van der Waals surface area (Å²) < 4.78 is 44.3. The molecule has 1 saturated carbocycles. The average Bonchev–Trinajstić information content (AvgIpc) is 3.29. The summed E-state index contributed by atoms with van der Waals surface area (Å²) in [4.78, 5) is 15.4. The van der Waals surface area contributed by atoms with Crippen molar-refractivity contribution in [3.63, 3.8) is 0 Å². The fourth-order valence-electron chi connectivity index (χ4n) is 5.04. The third-order valence-corrected chi connectivity index (χ3v) is 6.83. The maximum absolute atomic E-state index is 12.7. The summed E-state index contributed by atoms with van der Waals surface area (Å²) in [6.45, 7) is 5.71. The molecule has 0 aromatic carbocycles. The number of nitrogens with one attached hydrogen (secondary N) is 1. The van der Waals surface area contributed by atoms with Crippen LogP contribution in [0.15, 0.2) is 35.5 Å². The largest absolute Gasteiger partial charge is 0.468 e. The predicted molar refractivity (Wildman–Crippen MR) is 123 cm³/mol. The smallest absolute Gasteiger partial charge is 0.422 e. The minimum Gasteiger partial charge on any atom is -0.468 e. The summed E-state index contributed by atoms with van der Waals surface area (Å²) in [6.07, 6.45) is -0.981. The number of hydrogen-bond donors (Lipinski definition) is 1. The van der Waals surface area contributed by atoms with Crippen molar-refractivity contribution in [2.24, 2.45) is 10.9 Å². The molecule has 180 valence electrons. The highest BCUT2D eigenvalue weighted by molar-refractivity contribution is 6.29. The molecular formula is C22H23ClF3N7O. The molecule has 0 radical (unpaired) electrons. The molecule has 3 atom stereocenters. The quantitative estimate of drug-likeness (QED) is 0.410. The molecular weight excluding hydrogens is 471 g/mol. The highest BCUT2D eigenvalue weighted by Gasteiger charge is 2.53. The molecule has 0 spiro atoms. The van der Waals surface area contributed by atoms with Gasteiger partial charge < -0.3 is 15.0 Å². The number of nitrogens with zero attached hydrogens (tertiary/aromatic N) is 6. The zero-order chi connectivity index (χ0) is 24.1. The van der Waals surface area contributed by atoms with E-state index in [4.69, 9.17) is 16.3 Å². The molecule has 12 heteroatoms. The first kappa shape index (κ1) is 22.7. The van der Waals surface area contributed by atoms with E-state index in [0.717, 1.165) is 30.6 Å². The van der Waals surface area contributed by atoms with Crippen LogP contribution in [0.25, 0.3) is 5.65 Å². The van der Waals surface area contributed by atoms with Crippen molar-refractivity contribution in [2.45, 2.75) is 37.5 Å². The lowest BCUT2D eigenvalue weighted by molar-refractivity contribution is -0.154. The fourth-order valence-corrected chi connectivity index (χ4v) is 5.21. The van der Waals surface area contributed by atoms with E-state index >= 15 is 0 Å². The molecule has 1 aliphatic heterocycles. The Hall–Kier alpha value is -3.08. The minimum atomic E-state index is -4.45. The third kappa shape index (κ3) is 4.13. The summed E-state index contributed by atoms with van der Waals surface area (Å²) >= 11 is 6.09. The Kier molecular flexibility index (Phi) is 5.54. The molecule has 0 unspecified atom stereocenters. The lowest BCUT2D eigenvalue weighted by Crippen LogP contribution is -2.58. The van der Waals surface area contributed by atoms with Crippen LogP contribution in [0.3, 0.4) is 0 Å². The van der Waals surface area contributed by atoms with E-state index in [1.54, 1.807) is 12.3 Å². The number of hydrogen-bond acceptors (Lipinski definition) is 7. The SMILES string of the molecule is C=N[C@@]12CC[C@@H](CN(c3ccnc(Cl)c3)C1)[C@@H]2Nc1nc2c(C)ccc(OCC(F)(F)F)n2n1. The van der Waals surface area contributed by atoms with Crippen LogP contribution < -0.4 is 15.0 Å². The van der Waals surface area contributed by atoms with Gasteiger partial charge >= 0.3 is 6.18 Å². The normalized spacial score (nSPS) is 24.4. The Balaban J connectivity index is 1.41. The van der Waals surface area contributed by atoms with Gasteiger partial charge in [-0.15, -0.1) is 5.10 Å². The van der Waals surface area contributed by atoms with Crippen molar-refractivity contribution >= 4 is 35.6 Å². The van der Waals surface area contributed by atoms with Crippen LogP contribution in [0.2, 0.25) is 5.15 Å². The Labute approximate surface area is 198 Å². The minimum absolute atomic E-state index is 0.0256. The highest BCUT2D eigenvalue weighted by Crippen LogP contribution is 2.45. The summed E-state index contributed by atoms with van der Waals surface area (Å²) in [5.41, 5.74) is 1.70. The number of pyridine rings is 2. The third-order valence-electron chi connectivity index (χ3n) is 6.62. The van der Waals surface area contributed by atoms with Crippen LogP contribution in [0.1, 0.15) is 18.4 Å². The molecule has 3 aromatic heterocycles. The zero-order valence-corrected chi connectivity index (χ0v) is 19.1. The summed E-state index contributed by atoms with van der Waals surface area (Å²) in [5.74, 6) is 0.527. The number of anilines is 2. The number of alkyl halides is 3. The topological polar surface area (TPSA) is 79.9 Å². The second-order valence-corrected chi connectivity index (χ2v) is 9.22. The predicted octanol–water partition coefficient (Wildman–Crippen LogP) is 4.18. The Morgan fingerprint density at radius 1 is 1.35 bits per heavy atom. The van der Waals surface area contributed by atoms with E-state index in [1.165, 1.54) is 10.6 Å². The van der Waals surface area contributed by atoms with E-state index in [2.05, 4.69) is 37.0 Å². The van der Waals surface area contributed by atoms with Gasteiger partial charge in [0.25, 0.3) is 0 Å². The van der Waals surface area contributed by atoms with E-state index in [-0.39, 0.29) is 17.8 Å². The highest BCUT2D eigenvalue weighted by atomic mass is 35.5. The van der Waals surface area contributed by atoms with Crippen molar-refractivity contribution in [1.29, 1.82) is 0 Å². The molecule has 8 nitrogen and oxygen atoms in total. The summed E-state index contributed by atoms with van der Waals surface area (Å²) in [7, 11) is 0. The van der Waals surface area contributed by atoms with Gasteiger partial charge in [-0.25, -0.2) is 4.98 Å². The lowest BCUT2D eigenvalue weighted by Gasteiger charge is -2.45. The lowest BCUT2D eigenvalue weighted by atomic mass is 9.85. The van der Waals surface area contributed by atoms with Gasteiger partial charge in [-0.2, -0.15) is 22.7 Å². The van der Waals surface area contributed by atoms with Crippen LogP contribution in [0.5, 0.6) is 5.88 Å². The molecule has 2 fully saturated rings. The molecule has 3 aromatic rings. The van der Waals surface area contributed by atoms with Crippen LogP contribution in [0, 0.1) is 12.8 Å². The van der Waals surface area contributed by atoms with Gasteiger partial charge in [0.05, 0.1) is 11.6 Å². The summed E-state index contributed by atoms with van der Waals surface area (Å²) in [6, 6.07) is 6.80. The average molecular weight is 494 g/mol. The maximum atomic E-state index is 12.7. The van der Waals surface area contributed by atoms with E-state index in [9.17, 15) is 13.2 Å². The molecule has 34 heavy (non-hydrogen) atoms. The van der Waals surface area contributed by atoms with Gasteiger partial charge in [-0.1, -0.05) is 17.7 Å². The molecule has 1 N–H and O–H groups in total. The Bertz CT molecular complexity index is 1230. The van der Waals surface area contributed by atoms with Crippen molar-refractivity contribution in [2.75, 3.05) is 29.9 Å². The van der Waals surface area contributed by atoms with Gasteiger partial charge in [0.15, 0.2) is 12.3 Å². The number of halogens is 4. The van der Waals surface area contributed by atoms with Crippen LogP contribution in [-0.4, -0.2) is 63.8 Å². The van der Waals surface area contributed by atoms with Gasteiger partial charge in [-0.05, 0) is 50.1 Å². The molecule has 1 saturated heterocycles. The van der Waals surface area contributed by atoms with Crippen LogP contribution in [0.4, 0.5) is 24.8 Å². The maximum Gasteiger partial charge on any atom is 0.422 e. The van der Waals surface area contributed by atoms with Crippen molar-refractivity contribution in [3.05, 3.63) is 41.2 Å². The Morgan fingerprint density at radius 2 is 2.18 bits per heavy atom. The number of fused-ring (bicyclic) bond motifs is 3. The van der Waals surface area contributed by atoms with E-state index < -0.39 is 18.3 Å². The number of aromatic nitrogens is 4. The van der Waals surface area contributed by atoms with Gasteiger partial charge in [0.1, 0.15) is 5.15 Å². The Morgan fingerprint density at radius 3 is 2.91 bits per heavy atom. The molecule has 4 heterocycles. The van der Waals surface area contributed by atoms with Crippen molar-refractivity contribution in [1.82, 2.24) is 19.6 Å². The van der Waals surface area contributed by atoms with Crippen molar-refractivity contribution in [3.8, 4) is 5.88 Å². The van der Waals surface area contributed by atoms with Gasteiger partial charge in [-0.3, -0.25) is 4.99 Å². The van der Waals surface area contributed by atoms with Gasteiger partial charge in [0, 0.05) is 31.0 Å². The zero-order valence-electron chi connectivity index (χ0n) is 18.4.